The molecule has 1 aromatic carbocycles. The van der Waals surface area contributed by atoms with Gasteiger partial charge in [-0.05, 0) is 75.2 Å². The zero-order chi connectivity index (χ0) is 13.8. The second kappa shape index (κ2) is 6.62. The minimum Gasteiger partial charge on any atom is -0.382 e. The van der Waals surface area contributed by atoms with Crippen LogP contribution < -0.4 is 5.32 Å². The van der Waals surface area contributed by atoms with Crippen LogP contribution in [-0.2, 0) is 6.54 Å². The molecule has 0 unspecified atom stereocenters. The quantitative estimate of drug-likeness (QED) is 0.880. The Morgan fingerprint density at radius 3 is 2.30 bits per heavy atom. The van der Waals surface area contributed by atoms with Gasteiger partial charge in [0.05, 0.1) is 0 Å². The van der Waals surface area contributed by atoms with E-state index in [4.69, 9.17) is 0 Å². The number of benzene rings is 1. The Balaban J connectivity index is 1.50. The summed E-state index contributed by atoms with van der Waals surface area (Å²) in [5, 5.41) is 3.71. The monoisotopic (exact) mass is 272 g/mol. The number of anilines is 1. The van der Waals surface area contributed by atoms with Crippen molar-refractivity contribution in [3.8, 4) is 0 Å². The lowest BCUT2D eigenvalue weighted by atomic mass is 9.87. The van der Waals surface area contributed by atoms with Crippen molar-refractivity contribution < 1.29 is 0 Å². The SMILES string of the molecule is CC1CCC(Nc2ccc(CN3CCCC3)cc2)CC1. The fourth-order valence-corrected chi connectivity index (χ4v) is 3.55. The Hall–Kier alpha value is -1.02. The average Bonchev–Trinajstić information content (AvgIpc) is 2.96. The Labute approximate surface area is 123 Å². The van der Waals surface area contributed by atoms with Gasteiger partial charge in [-0.2, -0.15) is 0 Å². The molecular formula is C18H28N2. The Kier molecular flexibility index (Phi) is 4.62. The van der Waals surface area contributed by atoms with Crippen molar-refractivity contribution in [1.82, 2.24) is 4.90 Å². The first kappa shape index (κ1) is 13.9. The van der Waals surface area contributed by atoms with E-state index < -0.39 is 0 Å². The summed E-state index contributed by atoms with van der Waals surface area (Å²) in [6.45, 7) is 6.06. The third-order valence-corrected chi connectivity index (χ3v) is 4.95. The van der Waals surface area contributed by atoms with Gasteiger partial charge in [0.15, 0.2) is 0 Å². The van der Waals surface area contributed by atoms with Crippen LogP contribution in [0, 0.1) is 5.92 Å². The Morgan fingerprint density at radius 1 is 1.00 bits per heavy atom. The summed E-state index contributed by atoms with van der Waals surface area (Å²) in [6.07, 6.45) is 8.17. The molecule has 0 atom stereocenters. The van der Waals surface area contributed by atoms with Crippen molar-refractivity contribution in [2.75, 3.05) is 18.4 Å². The molecule has 1 aliphatic carbocycles. The van der Waals surface area contributed by atoms with Gasteiger partial charge >= 0.3 is 0 Å². The van der Waals surface area contributed by atoms with Gasteiger partial charge in [-0.3, -0.25) is 4.90 Å². The van der Waals surface area contributed by atoms with Gasteiger partial charge in [0, 0.05) is 18.3 Å². The molecule has 1 saturated heterocycles. The molecule has 1 saturated carbocycles. The number of likely N-dealkylation sites (tertiary alicyclic amines) is 1. The van der Waals surface area contributed by atoms with E-state index in [0.717, 1.165) is 12.5 Å². The number of nitrogens with one attached hydrogen (secondary N) is 1. The first-order chi connectivity index (χ1) is 9.79. The van der Waals surface area contributed by atoms with E-state index in [2.05, 4.69) is 41.4 Å². The summed E-state index contributed by atoms with van der Waals surface area (Å²) >= 11 is 0. The summed E-state index contributed by atoms with van der Waals surface area (Å²) in [7, 11) is 0. The first-order valence-electron chi connectivity index (χ1n) is 8.37. The van der Waals surface area contributed by atoms with Crippen LogP contribution in [-0.4, -0.2) is 24.0 Å². The van der Waals surface area contributed by atoms with Crippen molar-refractivity contribution >= 4 is 5.69 Å². The molecule has 1 heterocycles. The standard InChI is InChI=1S/C18H28N2/c1-15-4-8-17(9-5-15)19-18-10-6-16(7-11-18)14-20-12-2-3-13-20/h6-7,10-11,15,17,19H,2-5,8-9,12-14H2,1H3. The molecule has 2 fully saturated rings. The van der Waals surface area contributed by atoms with Crippen LogP contribution in [0.2, 0.25) is 0 Å². The molecule has 0 aromatic heterocycles. The molecule has 20 heavy (non-hydrogen) atoms. The third-order valence-electron chi connectivity index (χ3n) is 4.95. The van der Waals surface area contributed by atoms with E-state index in [1.165, 1.54) is 62.9 Å². The smallest absolute Gasteiger partial charge is 0.0342 e. The van der Waals surface area contributed by atoms with Crippen LogP contribution >= 0.6 is 0 Å². The molecule has 1 N–H and O–H groups in total. The molecule has 1 aromatic rings. The van der Waals surface area contributed by atoms with Crippen LogP contribution in [0.3, 0.4) is 0 Å². The van der Waals surface area contributed by atoms with Crippen molar-refractivity contribution in [1.29, 1.82) is 0 Å². The van der Waals surface area contributed by atoms with Crippen LogP contribution in [0.5, 0.6) is 0 Å². The number of rotatable bonds is 4. The predicted molar refractivity (Wildman–Crippen MR) is 86.0 cm³/mol. The molecule has 0 radical (unpaired) electrons. The molecule has 2 nitrogen and oxygen atoms in total. The van der Waals surface area contributed by atoms with Crippen LogP contribution in [0.15, 0.2) is 24.3 Å². The largest absolute Gasteiger partial charge is 0.382 e. The fourth-order valence-electron chi connectivity index (χ4n) is 3.55. The molecule has 110 valence electrons. The average molecular weight is 272 g/mol. The lowest BCUT2D eigenvalue weighted by Gasteiger charge is -2.27. The first-order valence-corrected chi connectivity index (χ1v) is 8.37. The normalized spacial score (nSPS) is 27.6. The van der Waals surface area contributed by atoms with E-state index in [1.807, 2.05) is 0 Å². The highest BCUT2D eigenvalue weighted by Gasteiger charge is 2.17. The molecule has 1 aliphatic heterocycles. The highest BCUT2D eigenvalue weighted by molar-refractivity contribution is 5.45. The van der Waals surface area contributed by atoms with Crippen molar-refractivity contribution in [3.05, 3.63) is 29.8 Å². The summed E-state index contributed by atoms with van der Waals surface area (Å²) in [4.78, 5) is 2.56. The maximum absolute atomic E-state index is 3.71. The topological polar surface area (TPSA) is 15.3 Å². The molecule has 0 spiro atoms. The maximum Gasteiger partial charge on any atom is 0.0342 e. The highest BCUT2D eigenvalue weighted by Crippen LogP contribution is 2.26. The van der Waals surface area contributed by atoms with Gasteiger partial charge in [0.25, 0.3) is 0 Å². The lowest BCUT2D eigenvalue weighted by Crippen LogP contribution is -2.25. The van der Waals surface area contributed by atoms with E-state index in [1.54, 1.807) is 0 Å². The van der Waals surface area contributed by atoms with Crippen molar-refractivity contribution in [2.45, 2.75) is 58.0 Å². The molecular weight excluding hydrogens is 244 g/mol. The summed E-state index contributed by atoms with van der Waals surface area (Å²) in [6, 6.07) is 9.82. The van der Waals surface area contributed by atoms with Gasteiger partial charge in [0.1, 0.15) is 0 Å². The van der Waals surface area contributed by atoms with Crippen molar-refractivity contribution in [3.63, 3.8) is 0 Å². The molecule has 3 rings (SSSR count). The van der Waals surface area contributed by atoms with E-state index in [9.17, 15) is 0 Å². The number of nitrogens with zero attached hydrogens (tertiary/aromatic N) is 1. The number of hydrogen-bond donors (Lipinski definition) is 1. The Bertz CT molecular complexity index is 398. The number of hydrogen-bond acceptors (Lipinski definition) is 2. The predicted octanol–water partition coefficient (Wildman–Crippen LogP) is 4.27. The minimum atomic E-state index is 0.690. The van der Waals surface area contributed by atoms with Crippen LogP contribution in [0.4, 0.5) is 5.69 Å². The summed E-state index contributed by atoms with van der Waals surface area (Å²) in [5.74, 6) is 0.927. The van der Waals surface area contributed by atoms with Crippen molar-refractivity contribution in [2.24, 2.45) is 5.92 Å². The second-order valence-corrected chi connectivity index (χ2v) is 6.78. The van der Waals surface area contributed by atoms with Crippen LogP contribution in [0.25, 0.3) is 0 Å². The summed E-state index contributed by atoms with van der Waals surface area (Å²) in [5.41, 5.74) is 2.75. The van der Waals surface area contributed by atoms with E-state index in [-0.39, 0.29) is 0 Å². The minimum absolute atomic E-state index is 0.690. The van der Waals surface area contributed by atoms with Gasteiger partial charge in [-0.1, -0.05) is 19.1 Å². The molecule has 2 aliphatic rings. The Morgan fingerprint density at radius 2 is 1.65 bits per heavy atom. The van der Waals surface area contributed by atoms with Gasteiger partial charge in [-0.15, -0.1) is 0 Å². The van der Waals surface area contributed by atoms with Gasteiger partial charge in [0.2, 0.25) is 0 Å². The molecule has 2 heteroatoms. The second-order valence-electron chi connectivity index (χ2n) is 6.78. The van der Waals surface area contributed by atoms with E-state index >= 15 is 0 Å². The fraction of sp³-hybridized carbons (Fsp3) is 0.667. The maximum atomic E-state index is 3.71. The van der Waals surface area contributed by atoms with Gasteiger partial charge in [-0.25, -0.2) is 0 Å². The lowest BCUT2D eigenvalue weighted by molar-refractivity contribution is 0.331. The molecule has 0 bridgehead atoms. The molecule has 0 amide bonds. The van der Waals surface area contributed by atoms with Gasteiger partial charge < -0.3 is 5.32 Å². The highest BCUT2D eigenvalue weighted by atomic mass is 15.1. The van der Waals surface area contributed by atoms with E-state index in [0.29, 0.717) is 6.04 Å². The van der Waals surface area contributed by atoms with Crippen LogP contribution in [0.1, 0.15) is 51.0 Å². The summed E-state index contributed by atoms with van der Waals surface area (Å²) < 4.78 is 0. The zero-order valence-electron chi connectivity index (χ0n) is 12.8. The zero-order valence-corrected chi connectivity index (χ0v) is 12.8. The third kappa shape index (κ3) is 3.76.